The van der Waals surface area contributed by atoms with Gasteiger partial charge in [-0.1, -0.05) is 11.6 Å². The summed E-state index contributed by atoms with van der Waals surface area (Å²) >= 11 is 6.95. The first kappa shape index (κ1) is 11.1. The molecule has 0 aliphatic rings. The number of hydrogen-bond donors (Lipinski definition) is 1. The van der Waals surface area contributed by atoms with Crippen molar-refractivity contribution in [3.05, 3.63) is 33.1 Å². The molecule has 2 heterocycles. The summed E-state index contributed by atoms with van der Waals surface area (Å²) in [5.41, 5.74) is 0. The van der Waals surface area contributed by atoms with Gasteiger partial charge in [-0.3, -0.25) is 4.79 Å². The smallest absolute Gasteiger partial charge is 0.261 e. The van der Waals surface area contributed by atoms with Crippen LogP contribution in [0.15, 0.2) is 16.5 Å². The Morgan fingerprint density at radius 3 is 2.94 bits per heavy atom. The molecule has 0 unspecified atom stereocenters. The Balaban J connectivity index is 1.93. The van der Waals surface area contributed by atoms with Crippen molar-refractivity contribution >= 4 is 28.8 Å². The van der Waals surface area contributed by atoms with Crippen molar-refractivity contribution in [2.24, 2.45) is 0 Å². The Morgan fingerprint density at radius 2 is 2.38 bits per heavy atom. The molecule has 0 aliphatic heterocycles. The Bertz CT molecular complexity index is 508. The van der Waals surface area contributed by atoms with Crippen LogP contribution in [0.25, 0.3) is 0 Å². The van der Waals surface area contributed by atoms with E-state index in [0.29, 0.717) is 21.0 Å². The molecule has 0 aromatic carbocycles. The predicted octanol–water partition coefficient (Wildman–Crippen LogP) is 2.02. The predicted molar refractivity (Wildman–Crippen MR) is 59.5 cm³/mol. The largest absolute Gasteiger partial charge is 0.424 e. The van der Waals surface area contributed by atoms with E-state index < -0.39 is 0 Å². The van der Waals surface area contributed by atoms with Gasteiger partial charge in [0.2, 0.25) is 11.8 Å². The molecule has 0 fully saturated rings. The topological polar surface area (TPSA) is 68.0 Å². The molecule has 0 atom stereocenters. The minimum Gasteiger partial charge on any atom is -0.424 e. The van der Waals surface area contributed by atoms with Gasteiger partial charge < -0.3 is 9.73 Å². The number of nitrogens with zero attached hydrogens (tertiary/aromatic N) is 2. The van der Waals surface area contributed by atoms with Gasteiger partial charge in [-0.05, 0) is 12.1 Å². The van der Waals surface area contributed by atoms with E-state index in [9.17, 15) is 4.79 Å². The molecule has 1 amide bonds. The second kappa shape index (κ2) is 4.63. The van der Waals surface area contributed by atoms with Crippen LogP contribution in [0.1, 0.15) is 21.5 Å². The van der Waals surface area contributed by atoms with Gasteiger partial charge in [0.05, 0.1) is 15.8 Å². The number of aryl methyl sites for hydroxylation is 1. The summed E-state index contributed by atoms with van der Waals surface area (Å²) in [5.74, 6) is 0.657. The van der Waals surface area contributed by atoms with Gasteiger partial charge in [-0.15, -0.1) is 21.5 Å². The van der Waals surface area contributed by atoms with Crippen molar-refractivity contribution in [2.75, 3.05) is 0 Å². The zero-order chi connectivity index (χ0) is 11.5. The summed E-state index contributed by atoms with van der Waals surface area (Å²) in [7, 11) is 0. The summed E-state index contributed by atoms with van der Waals surface area (Å²) in [6.07, 6.45) is 0. The maximum Gasteiger partial charge on any atom is 0.261 e. The van der Waals surface area contributed by atoms with E-state index in [1.54, 1.807) is 19.1 Å². The summed E-state index contributed by atoms with van der Waals surface area (Å²) in [5, 5.41) is 10.1. The first-order valence-corrected chi connectivity index (χ1v) is 5.67. The molecular formula is C9H8ClN3O2S. The van der Waals surface area contributed by atoms with Crippen LogP contribution in [-0.2, 0) is 6.54 Å². The molecule has 2 aromatic heterocycles. The van der Waals surface area contributed by atoms with E-state index in [1.807, 2.05) is 0 Å². The summed E-state index contributed by atoms with van der Waals surface area (Å²) in [6, 6.07) is 3.35. The van der Waals surface area contributed by atoms with Crippen LogP contribution in [-0.4, -0.2) is 16.1 Å². The number of aromatic nitrogens is 2. The molecule has 0 saturated heterocycles. The quantitative estimate of drug-likeness (QED) is 0.913. The van der Waals surface area contributed by atoms with Crippen molar-refractivity contribution in [3.63, 3.8) is 0 Å². The van der Waals surface area contributed by atoms with Crippen molar-refractivity contribution in [2.45, 2.75) is 13.5 Å². The van der Waals surface area contributed by atoms with Gasteiger partial charge in [-0.2, -0.15) is 0 Å². The highest BCUT2D eigenvalue weighted by Crippen LogP contribution is 2.21. The van der Waals surface area contributed by atoms with E-state index in [0.717, 1.165) is 0 Å². The second-order valence-corrected chi connectivity index (χ2v) is 4.72. The highest BCUT2D eigenvalue weighted by Gasteiger charge is 2.09. The van der Waals surface area contributed by atoms with Crippen LogP contribution in [0.4, 0.5) is 0 Å². The Kier molecular flexibility index (Phi) is 3.21. The zero-order valence-corrected chi connectivity index (χ0v) is 9.93. The van der Waals surface area contributed by atoms with E-state index in [4.69, 9.17) is 16.0 Å². The maximum absolute atomic E-state index is 11.6. The van der Waals surface area contributed by atoms with Crippen LogP contribution >= 0.6 is 22.9 Å². The lowest BCUT2D eigenvalue weighted by Crippen LogP contribution is -2.21. The fourth-order valence-electron chi connectivity index (χ4n) is 1.09. The number of rotatable bonds is 3. The molecule has 7 heteroatoms. The maximum atomic E-state index is 11.6. The number of carbonyl (C=O) groups excluding carboxylic acids is 1. The van der Waals surface area contributed by atoms with Crippen LogP contribution in [0.3, 0.4) is 0 Å². The van der Waals surface area contributed by atoms with Gasteiger partial charge >= 0.3 is 0 Å². The van der Waals surface area contributed by atoms with Crippen LogP contribution in [0.2, 0.25) is 4.34 Å². The van der Waals surface area contributed by atoms with Gasteiger partial charge in [-0.25, -0.2) is 0 Å². The standard InChI is InChI=1S/C9H8ClN3O2S/c1-5-12-13-8(15-5)4-11-9(14)6-2-3-7(10)16-6/h2-3H,4H2,1H3,(H,11,14). The Morgan fingerprint density at radius 1 is 1.56 bits per heavy atom. The summed E-state index contributed by atoms with van der Waals surface area (Å²) in [4.78, 5) is 12.1. The number of thiophene rings is 1. The molecule has 2 rings (SSSR count). The minimum absolute atomic E-state index is 0.201. The van der Waals surface area contributed by atoms with Crippen LogP contribution in [0.5, 0.6) is 0 Å². The number of halogens is 1. The van der Waals surface area contributed by atoms with E-state index in [2.05, 4.69) is 15.5 Å². The summed E-state index contributed by atoms with van der Waals surface area (Å²) in [6.45, 7) is 1.91. The Hall–Kier alpha value is -1.40. The molecule has 0 radical (unpaired) electrons. The molecule has 0 saturated carbocycles. The highest BCUT2D eigenvalue weighted by molar-refractivity contribution is 7.17. The third kappa shape index (κ3) is 2.59. The number of nitrogens with one attached hydrogen (secondary N) is 1. The van der Waals surface area contributed by atoms with E-state index in [-0.39, 0.29) is 12.5 Å². The first-order valence-electron chi connectivity index (χ1n) is 4.47. The van der Waals surface area contributed by atoms with Crippen molar-refractivity contribution in [1.29, 1.82) is 0 Å². The van der Waals surface area contributed by atoms with E-state index in [1.165, 1.54) is 11.3 Å². The SMILES string of the molecule is Cc1nnc(CNC(=O)c2ccc(Cl)s2)o1. The molecule has 1 N–H and O–H groups in total. The molecule has 5 nitrogen and oxygen atoms in total. The van der Waals surface area contributed by atoms with Crippen molar-refractivity contribution < 1.29 is 9.21 Å². The molecule has 0 bridgehead atoms. The van der Waals surface area contributed by atoms with Crippen LogP contribution < -0.4 is 5.32 Å². The summed E-state index contributed by atoms with van der Waals surface area (Å²) < 4.78 is 5.70. The van der Waals surface area contributed by atoms with Crippen molar-refractivity contribution in [3.8, 4) is 0 Å². The first-order chi connectivity index (χ1) is 7.65. The minimum atomic E-state index is -0.201. The number of hydrogen-bond acceptors (Lipinski definition) is 5. The van der Waals surface area contributed by atoms with E-state index >= 15 is 0 Å². The van der Waals surface area contributed by atoms with Crippen LogP contribution in [0, 0.1) is 6.92 Å². The third-order valence-corrected chi connectivity index (χ3v) is 2.99. The van der Waals surface area contributed by atoms with Gasteiger partial charge in [0, 0.05) is 6.92 Å². The molecular weight excluding hydrogens is 250 g/mol. The fourth-order valence-corrected chi connectivity index (χ4v) is 2.05. The van der Waals surface area contributed by atoms with Gasteiger partial charge in [0.25, 0.3) is 5.91 Å². The average molecular weight is 258 g/mol. The zero-order valence-electron chi connectivity index (χ0n) is 8.36. The lowest BCUT2D eigenvalue weighted by atomic mass is 10.4. The lowest BCUT2D eigenvalue weighted by molar-refractivity contribution is 0.0951. The Labute approximate surface area is 100 Å². The number of carbonyl (C=O) groups is 1. The van der Waals surface area contributed by atoms with Gasteiger partial charge in [0.15, 0.2) is 0 Å². The van der Waals surface area contributed by atoms with Crippen molar-refractivity contribution in [1.82, 2.24) is 15.5 Å². The highest BCUT2D eigenvalue weighted by atomic mass is 35.5. The fraction of sp³-hybridized carbons (Fsp3) is 0.222. The molecule has 2 aromatic rings. The molecule has 0 aliphatic carbocycles. The lowest BCUT2D eigenvalue weighted by Gasteiger charge is -1.98. The number of amides is 1. The van der Waals surface area contributed by atoms with Gasteiger partial charge in [0.1, 0.15) is 0 Å². The second-order valence-electron chi connectivity index (χ2n) is 3.00. The average Bonchev–Trinajstić information content (AvgIpc) is 2.84. The third-order valence-electron chi connectivity index (χ3n) is 1.77. The molecule has 84 valence electrons. The normalized spacial score (nSPS) is 10.4. The molecule has 16 heavy (non-hydrogen) atoms. The monoisotopic (exact) mass is 257 g/mol. The molecule has 0 spiro atoms.